The molecule has 0 aromatic carbocycles. The van der Waals surface area contributed by atoms with Gasteiger partial charge in [-0.1, -0.05) is 0 Å². The molecule has 84 valence electrons. The number of hydrogen-bond acceptors (Lipinski definition) is 4. The molecule has 0 saturated carbocycles. The molecule has 1 aliphatic rings. The summed E-state index contributed by atoms with van der Waals surface area (Å²) in [7, 11) is 0. The van der Waals surface area contributed by atoms with E-state index in [0.717, 1.165) is 6.42 Å². The molecule has 0 bridgehead atoms. The van der Waals surface area contributed by atoms with Gasteiger partial charge in [-0.05, 0) is 34.5 Å². The minimum absolute atomic E-state index is 0.392. The summed E-state index contributed by atoms with van der Waals surface area (Å²) in [4.78, 5) is 0. The van der Waals surface area contributed by atoms with Gasteiger partial charge in [0.05, 0.1) is 6.61 Å². The van der Waals surface area contributed by atoms with Gasteiger partial charge in [-0.25, -0.2) is 0 Å². The SMILES string of the molecule is NCC1(C(O)c2ccc(Br)o2)CCOC1. The molecular formula is C10H14BrNO3. The number of nitrogens with two attached hydrogens (primary N) is 1. The van der Waals surface area contributed by atoms with E-state index >= 15 is 0 Å². The molecule has 15 heavy (non-hydrogen) atoms. The maximum absolute atomic E-state index is 10.2. The van der Waals surface area contributed by atoms with E-state index in [9.17, 15) is 5.11 Å². The van der Waals surface area contributed by atoms with Crippen LogP contribution in [-0.2, 0) is 4.74 Å². The second kappa shape index (κ2) is 4.25. The molecule has 4 nitrogen and oxygen atoms in total. The predicted octanol–water partition coefficient (Wildman–Crippen LogP) is 1.44. The second-order valence-electron chi connectivity index (χ2n) is 3.91. The molecule has 1 saturated heterocycles. The van der Waals surface area contributed by atoms with Crippen LogP contribution in [0.25, 0.3) is 0 Å². The summed E-state index contributed by atoms with van der Waals surface area (Å²) in [6.45, 7) is 1.53. The van der Waals surface area contributed by atoms with E-state index in [4.69, 9.17) is 14.9 Å². The van der Waals surface area contributed by atoms with Gasteiger partial charge in [-0.2, -0.15) is 0 Å². The van der Waals surface area contributed by atoms with Crippen LogP contribution in [0.1, 0.15) is 18.3 Å². The van der Waals surface area contributed by atoms with Gasteiger partial charge in [0.2, 0.25) is 0 Å². The maximum Gasteiger partial charge on any atom is 0.169 e. The highest BCUT2D eigenvalue weighted by molar-refractivity contribution is 9.10. The van der Waals surface area contributed by atoms with Crippen LogP contribution >= 0.6 is 15.9 Å². The zero-order valence-corrected chi connectivity index (χ0v) is 9.87. The Balaban J connectivity index is 2.21. The Kier molecular flexibility index (Phi) is 3.16. The van der Waals surface area contributed by atoms with Crippen LogP contribution in [0.3, 0.4) is 0 Å². The molecule has 0 spiro atoms. The Labute approximate surface area is 96.5 Å². The molecule has 5 heteroatoms. The van der Waals surface area contributed by atoms with Gasteiger partial charge in [0.1, 0.15) is 11.9 Å². The molecule has 0 aliphatic carbocycles. The number of hydrogen-bond donors (Lipinski definition) is 2. The summed E-state index contributed by atoms with van der Waals surface area (Å²) < 4.78 is 11.3. The van der Waals surface area contributed by atoms with E-state index in [-0.39, 0.29) is 0 Å². The van der Waals surface area contributed by atoms with Crippen molar-refractivity contribution in [2.24, 2.45) is 11.1 Å². The van der Waals surface area contributed by atoms with E-state index < -0.39 is 11.5 Å². The molecule has 0 amide bonds. The van der Waals surface area contributed by atoms with Crippen LogP contribution in [0.5, 0.6) is 0 Å². The average molecular weight is 276 g/mol. The Morgan fingerprint density at radius 2 is 2.40 bits per heavy atom. The monoisotopic (exact) mass is 275 g/mol. The fraction of sp³-hybridized carbons (Fsp3) is 0.600. The molecule has 1 fully saturated rings. The van der Waals surface area contributed by atoms with Crippen molar-refractivity contribution >= 4 is 15.9 Å². The van der Waals surface area contributed by atoms with Gasteiger partial charge in [-0.3, -0.25) is 0 Å². The summed E-state index contributed by atoms with van der Waals surface area (Å²) in [5.74, 6) is 0.540. The van der Waals surface area contributed by atoms with Gasteiger partial charge in [0.15, 0.2) is 4.67 Å². The summed E-state index contributed by atoms with van der Waals surface area (Å²) in [5.41, 5.74) is 5.33. The van der Waals surface area contributed by atoms with Gasteiger partial charge in [-0.15, -0.1) is 0 Å². The van der Waals surface area contributed by atoms with Crippen LogP contribution in [0.4, 0.5) is 0 Å². The normalized spacial score (nSPS) is 28.2. The first kappa shape index (κ1) is 11.1. The number of aliphatic hydroxyl groups is 1. The van der Waals surface area contributed by atoms with Crippen molar-refractivity contribution in [3.63, 3.8) is 0 Å². The van der Waals surface area contributed by atoms with Crippen LogP contribution < -0.4 is 5.73 Å². The highest BCUT2D eigenvalue weighted by atomic mass is 79.9. The molecule has 1 aromatic heterocycles. The zero-order valence-electron chi connectivity index (χ0n) is 8.28. The maximum atomic E-state index is 10.2. The molecule has 3 N–H and O–H groups in total. The Bertz CT molecular complexity index is 333. The van der Waals surface area contributed by atoms with Crippen LogP contribution in [0, 0.1) is 5.41 Å². The molecule has 2 atom stereocenters. The van der Waals surface area contributed by atoms with Crippen LogP contribution in [-0.4, -0.2) is 24.9 Å². The minimum Gasteiger partial charge on any atom is -0.452 e. The van der Waals surface area contributed by atoms with Crippen molar-refractivity contribution in [3.05, 3.63) is 22.6 Å². The Morgan fingerprint density at radius 3 is 2.87 bits per heavy atom. The lowest BCUT2D eigenvalue weighted by Gasteiger charge is -2.29. The number of halogens is 1. The second-order valence-corrected chi connectivity index (χ2v) is 4.70. The van der Waals surface area contributed by atoms with Crippen molar-refractivity contribution in [1.82, 2.24) is 0 Å². The first-order valence-electron chi connectivity index (χ1n) is 4.89. The average Bonchev–Trinajstić information content (AvgIpc) is 2.86. The number of rotatable bonds is 3. The van der Waals surface area contributed by atoms with Gasteiger partial charge in [0.25, 0.3) is 0 Å². The summed E-state index contributed by atoms with van der Waals surface area (Å²) >= 11 is 3.21. The fourth-order valence-corrected chi connectivity index (χ4v) is 2.21. The van der Waals surface area contributed by atoms with E-state index in [1.54, 1.807) is 12.1 Å². The fourth-order valence-electron chi connectivity index (χ4n) is 1.89. The highest BCUT2D eigenvalue weighted by Crippen LogP contribution is 2.41. The van der Waals surface area contributed by atoms with Gasteiger partial charge < -0.3 is 20.0 Å². The lowest BCUT2D eigenvalue weighted by Crippen LogP contribution is -2.37. The summed E-state index contributed by atoms with van der Waals surface area (Å²) in [5, 5.41) is 10.2. The van der Waals surface area contributed by atoms with E-state index in [2.05, 4.69) is 15.9 Å². The molecule has 2 heterocycles. The largest absolute Gasteiger partial charge is 0.452 e. The molecule has 1 aliphatic heterocycles. The Hall–Kier alpha value is -0.360. The molecule has 2 unspecified atom stereocenters. The Morgan fingerprint density at radius 1 is 1.60 bits per heavy atom. The minimum atomic E-state index is -0.698. The standard InChI is InChI=1S/C10H14BrNO3/c11-8-2-1-7(15-8)9(13)10(5-12)3-4-14-6-10/h1-2,9,13H,3-6,12H2. The number of ether oxygens (including phenoxy) is 1. The van der Waals surface area contributed by atoms with Gasteiger partial charge >= 0.3 is 0 Å². The van der Waals surface area contributed by atoms with Crippen LogP contribution in [0.15, 0.2) is 21.2 Å². The molecule has 1 aromatic rings. The summed E-state index contributed by atoms with van der Waals surface area (Å²) in [6, 6.07) is 3.52. The molecule has 0 radical (unpaired) electrons. The van der Waals surface area contributed by atoms with Crippen LogP contribution in [0.2, 0.25) is 0 Å². The number of aliphatic hydroxyl groups excluding tert-OH is 1. The van der Waals surface area contributed by atoms with Crippen molar-refractivity contribution in [1.29, 1.82) is 0 Å². The predicted molar refractivity (Wildman–Crippen MR) is 58.3 cm³/mol. The highest BCUT2D eigenvalue weighted by Gasteiger charge is 2.42. The molecule has 2 rings (SSSR count). The van der Waals surface area contributed by atoms with Crippen molar-refractivity contribution in [2.45, 2.75) is 12.5 Å². The van der Waals surface area contributed by atoms with Crippen molar-refractivity contribution < 1.29 is 14.3 Å². The van der Waals surface area contributed by atoms with Gasteiger partial charge in [0, 0.05) is 18.6 Å². The number of furan rings is 1. The third-order valence-electron chi connectivity index (χ3n) is 2.98. The molecular weight excluding hydrogens is 262 g/mol. The summed E-state index contributed by atoms with van der Waals surface area (Å²) in [6.07, 6.45) is 0.0690. The smallest absolute Gasteiger partial charge is 0.169 e. The van der Waals surface area contributed by atoms with E-state index in [1.807, 2.05) is 0 Å². The first-order valence-corrected chi connectivity index (χ1v) is 5.68. The lowest BCUT2D eigenvalue weighted by molar-refractivity contribution is 0.00426. The van der Waals surface area contributed by atoms with Crippen molar-refractivity contribution in [2.75, 3.05) is 19.8 Å². The topological polar surface area (TPSA) is 68.6 Å². The van der Waals surface area contributed by atoms with E-state index in [1.165, 1.54) is 0 Å². The lowest BCUT2D eigenvalue weighted by atomic mass is 9.80. The van der Waals surface area contributed by atoms with E-state index in [0.29, 0.717) is 30.2 Å². The zero-order chi connectivity index (χ0) is 10.9. The van der Waals surface area contributed by atoms with Crippen molar-refractivity contribution in [3.8, 4) is 0 Å². The first-order chi connectivity index (χ1) is 7.18. The quantitative estimate of drug-likeness (QED) is 0.876. The third-order valence-corrected chi connectivity index (χ3v) is 3.41. The third kappa shape index (κ3) is 1.97.